The van der Waals surface area contributed by atoms with Gasteiger partial charge in [0, 0.05) is 24.2 Å². The number of aromatic nitrogens is 2. The molecule has 2 heterocycles. The second-order valence-electron chi connectivity index (χ2n) is 5.87. The molecule has 0 saturated carbocycles. The van der Waals surface area contributed by atoms with E-state index in [9.17, 15) is 9.59 Å². The van der Waals surface area contributed by atoms with E-state index in [2.05, 4.69) is 15.3 Å². The number of hydrogen-bond donors (Lipinski definition) is 2. The molecule has 3 rings (SSSR count). The van der Waals surface area contributed by atoms with Gasteiger partial charge in [0.1, 0.15) is 6.04 Å². The van der Waals surface area contributed by atoms with Crippen molar-refractivity contribution in [1.82, 2.24) is 20.2 Å². The van der Waals surface area contributed by atoms with E-state index >= 15 is 0 Å². The molecule has 1 saturated heterocycles. The van der Waals surface area contributed by atoms with E-state index in [0.717, 1.165) is 5.56 Å². The SMILES string of the molecule is Cc1nc(N)nc(-c2ccc(C(=O)N3CCNC(=O)[C@H]3C)cc2)c1Cl. The first-order valence-corrected chi connectivity index (χ1v) is 8.25. The number of aryl methyl sites for hydroxylation is 1. The predicted molar refractivity (Wildman–Crippen MR) is 95.1 cm³/mol. The third-order valence-corrected chi connectivity index (χ3v) is 4.65. The minimum atomic E-state index is -0.486. The van der Waals surface area contributed by atoms with Gasteiger partial charge in [0.05, 0.1) is 16.4 Å². The zero-order chi connectivity index (χ0) is 18.1. The minimum absolute atomic E-state index is 0.144. The van der Waals surface area contributed by atoms with Crippen molar-refractivity contribution in [2.24, 2.45) is 0 Å². The number of benzene rings is 1. The molecule has 0 aliphatic carbocycles. The van der Waals surface area contributed by atoms with Gasteiger partial charge < -0.3 is 16.0 Å². The molecule has 1 atom stereocenters. The van der Waals surface area contributed by atoms with E-state index in [1.807, 2.05) is 0 Å². The number of rotatable bonds is 2. The Morgan fingerprint density at radius 3 is 2.68 bits per heavy atom. The van der Waals surface area contributed by atoms with Crippen molar-refractivity contribution in [3.63, 3.8) is 0 Å². The average Bonchev–Trinajstić information content (AvgIpc) is 2.60. The van der Waals surface area contributed by atoms with Crippen LogP contribution < -0.4 is 11.1 Å². The smallest absolute Gasteiger partial charge is 0.254 e. The van der Waals surface area contributed by atoms with Crippen molar-refractivity contribution in [1.29, 1.82) is 0 Å². The lowest BCUT2D eigenvalue weighted by Crippen LogP contribution is -2.55. The fourth-order valence-electron chi connectivity index (χ4n) is 2.77. The molecule has 7 nitrogen and oxygen atoms in total. The van der Waals surface area contributed by atoms with Gasteiger partial charge in [-0.25, -0.2) is 9.97 Å². The number of carbonyl (C=O) groups excluding carboxylic acids is 2. The highest BCUT2D eigenvalue weighted by atomic mass is 35.5. The number of halogens is 1. The van der Waals surface area contributed by atoms with E-state index in [1.165, 1.54) is 0 Å². The molecule has 0 radical (unpaired) electrons. The molecule has 1 aromatic heterocycles. The van der Waals surface area contributed by atoms with E-state index in [1.54, 1.807) is 43.0 Å². The molecule has 1 aromatic carbocycles. The fraction of sp³-hybridized carbons (Fsp3) is 0.294. The molecule has 2 amide bonds. The standard InChI is InChI=1S/C17H18ClN5O2/c1-9-13(18)14(22-17(19)21-9)11-3-5-12(6-4-11)16(25)23-8-7-20-15(24)10(23)2/h3-6,10H,7-8H2,1-2H3,(H,20,24)(H2,19,21,22)/t10-/m1/s1. The Labute approximate surface area is 150 Å². The van der Waals surface area contributed by atoms with Crippen molar-refractivity contribution in [2.45, 2.75) is 19.9 Å². The lowest BCUT2D eigenvalue weighted by molar-refractivity contribution is -0.127. The molecule has 8 heteroatoms. The maximum Gasteiger partial charge on any atom is 0.254 e. The van der Waals surface area contributed by atoms with Gasteiger partial charge in [-0.3, -0.25) is 9.59 Å². The summed E-state index contributed by atoms with van der Waals surface area (Å²) in [6, 6.07) is 6.42. The topological polar surface area (TPSA) is 101 Å². The molecule has 1 aliphatic heterocycles. The number of hydrogen-bond acceptors (Lipinski definition) is 5. The number of nitrogens with one attached hydrogen (secondary N) is 1. The Bertz CT molecular complexity index is 838. The van der Waals surface area contributed by atoms with Gasteiger partial charge >= 0.3 is 0 Å². The second kappa shape index (κ2) is 6.68. The summed E-state index contributed by atoms with van der Waals surface area (Å²) in [5.41, 5.74) is 8.05. The molecular weight excluding hydrogens is 342 g/mol. The van der Waals surface area contributed by atoms with Crippen LogP contribution in [0.2, 0.25) is 5.02 Å². The van der Waals surface area contributed by atoms with Crippen LogP contribution in [-0.4, -0.2) is 45.8 Å². The number of amides is 2. The van der Waals surface area contributed by atoms with Crippen molar-refractivity contribution in [3.05, 3.63) is 40.5 Å². The number of anilines is 1. The Morgan fingerprint density at radius 2 is 2.00 bits per heavy atom. The summed E-state index contributed by atoms with van der Waals surface area (Å²) < 4.78 is 0. The summed E-state index contributed by atoms with van der Waals surface area (Å²) in [5.74, 6) is -0.182. The zero-order valence-electron chi connectivity index (χ0n) is 13.9. The maximum atomic E-state index is 12.7. The first kappa shape index (κ1) is 17.2. The molecule has 0 bridgehead atoms. The number of nitrogen functional groups attached to an aromatic ring is 1. The highest BCUT2D eigenvalue weighted by molar-refractivity contribution is 6.33. The van der Waals surface area contributed by atoms with Gasteiger partial charge in [0.25, 0.3) is 5.91 Å². The first-order valence-electron chi connectivity index (χ1n) is 7.87. The maximum absolute atomic E-state index is 12.7. The molecule has 0 spiro atoms. The Morgan fingerprint density at radius 1 is 1.32 bits per heavy atom. The van der Waals surface area contributed by atoms with Crippen LogP contribution in [0.5, 0.6) is 0 Å². The molecule has 130 valence electrons. The van der Waals surface area contributed by atoms with Gasteiger partial charge in [0.2, 0.25) is 11.9 Å². The Hall–Kier alpha value is -2.67. The van der Waals surface area contributed by atoms with Crippen molar-refractivity contribution < 1.29 is 9.59 Å². The van der Waals surface area contributed by atoms with Crippen LogP contribution >= 0.6 is 11.6 Å². The molecule has 3 N–H and O–H groups in total. The molecule has 0 unspecified atom stereocenters. The molecule has 25 heavy (non-hydrogen) atoms. The summed E-state index contributed by atoms with van der Waals surface area (Å²) in [6.07, 6.45) is 0. The zero-order valence-corrected chi connectivity index (χ0v) is 14.7. The third-order valence-electron chi connectivity index (χ3n) is 4.20. The number of piperazine rings is 1. The molecule has 1 fully saturated rings. The van der Waals surface area contributed by atoms with E-state index in [-0.39, 0.29) is 17.8 Å². The minimum Gasteiger partial charge on any atom is -0.368 e. The van der Waals surface area contributed by atoms with Gasteiger partial charge in [-0.15, -0.1) is 0 Å². The summed E-state index contributed by atoms with van der Waals surface area (Å²) >= 11 is 6.26. The molecule has 1 aliphatic rings. The van der Waals surface area contributed by atoms with E-state index in [4.69, 9.17) is 17.3 Å². The van der Waals surface area contributed by atoms with Gasteiger partial charge in [-0.05, 0) is 26.0 Å². The largest absolute Gasteiger partial charge is 0.368 e. The van der Waals surface area contributed by atoms with Crippen molar-refractivity contribution in [3.8, 4) is 11.3 Å². The second-order valence-corrected chi connectivity index (χ2v) is 6.25. The Kier molecular flexibility index (Phi) is 4.59. The van der Waals surface area contributed by atoms with Gasteiger partial charge in [0.15, 0.2) is 0 Å². The first-order chi connectivity index (χ1) is 11.9. The van der Waals surface area contributed by atoms with Gasteiger partial charge in [-0.1, -0.05) is 23.7 Å². The van der Waals surface area contributed by atoms with Crippen LogP contribution in [0.25, 0.3) is 11.3 Å². The van der Waals surface area contributed by atoms with E-state index < -0.39 is 6.04 Å². The lowest BCUT2D eigenvalue weighted by atomic mass is 10.1. The van der Waals surface area contributed by atoms with Crippen LogP contribution in [0.4, 0.5) is 5.95 Å². The highest BCUT2D eigenvalue weighted by Crippen LogP contribution is 2.28. The quantitative estimate of drug-likeness (QED) is 0.849. The summed E-state index contributed by atoms with van der Waals surface area (Å²) in [5, 5.41) is 3.17. The van der Waals surface area contributed by atoms with Crippen molar-refractivity contribution >= 4 is 29.4 Å². The fourth-order valence-corrected chi connectivity index (χ4v) is 2.96. The summed E-state index contributed by atoms with van der Waals surface area (Å²) in [7, 11) is 0. The normalized spacial score (nSPS) is 17.3. The van der Waals surface area contributed by atoms with Crippen LogP contribution in [0.3, 0.4) is 0 Å². The van der Waals surface area contributed by atoms with Crippen LogP contribution in [0, 0.1) is 6.92 Å². The monoisotopic (exact) mass is 359 g/mol. The third kappa shape index (κ3) is 3.28. The van der Waals surface area contributed by atoms with Crippen molar-refractivity contribution in [2.75, 3.05) is 18.8 Å². The summed E-state index contributed by atoms with van der Waals surface area (Å²) in [6.45, 7) is 4.42. The highest BCUT2D eigenvalue weighted by Gasteiger charge is 2.29. The van der Waals surface area contributed by atoms with Crippen LogP contribution in [-0.2, 0) is 4.79 Å². The number of nitrogens with zero attached hydrogens (tertiary/aromatic N) is 3. The van der Waals surface area contributed by atoms with Crippen LogP contribution in [0.15, 0.2) is 24.3 Å². The molecule has 2 aromatic rings. The van der Waals surface area contributed by atoms with Gasteiger partial charge in [-0.2, -0.15) is 0 Å². The summed E-state index contributed by atoms with van der Waals surface area (Å²) in [4.78, 5) is 34.1. The Balaban J connectivity index is 1.88. The average molecular weight is 360 g/mol. The predicted octanol–water partition coefficient (Wildman–Crippen LogP) is 1.65. The molecular formula is C17H18ClN5O2. The number of carbonyl (C=O) groups is 2. The van der Waals surface area contributed by atoms with E-state index in [0.29, 0.717) is 35.1 Å². The lowest BCUT2D eigenvalue weighted by Gasteiger charge is -2.32. The number of nitrogens with two attached hydrogens (primary N) is 1. The van der Waals surface area contributed by atoms with Crippen LogP contribution in [0.1, 0.15) is 23.0 Å².